The lowest BCUT2D eigenvalue weighted by Gasteiger charge is -2.23. The summed E-state index contributed by atoms with van der Waals surface area (Å²) in [5.41, 5.74) is 1.69. The fraction of sp³-hybridized carbons (Fsp3) is 0.143. The molecule has 1 amide bonds. The Bertz CT molecular complexity index is 1220. The summed E-state index contributed by atoms with van der Waals surface area (Å²) in [6.45, 7) is 0. The molecular weight excluding hydrogens is 425 g/mol. The maximum atomic E-state index is 14.4. The second kappa shape index (κ2) is 8.00. The van der Waals surface area contributed by atoms with Gasteiger partial charge in [0.15, 0.2) is 0 Å². The second-order valence-electron chi connectivity index (χ2n) is 6.83. The molecule has 0 spiro atoms. The highest BCUT2D eigenvalue weighted by atomic mass is 32.2. The Balaban J connectivity index is 1.79. The van der Waals surface area contributed by atoms with E-state index in [2.05, 4.69) is 9.82 Å². The minimum absolute atomic E-state index is 0.250. The molecule has 1 aliphatic rings. The lowest BCUT2D eigenvalue weighted by Crippen LogP contribution is -2.27. The van der Waals surface area contributed by atoms with Crippen LogP contribution in [0, 0.1) is 5.82 Å². The van der Waals surface area contributed by atoms with E-state index in [0.29, 0.717) is 27.4 Å². The van der Waals surface area contributed by atoms with Crippen molar-refractivity contribution in [3.05, 3.63) is 87.9 Å². The first-order chi connectivity index (χ1) is 14.3. The molecule has 1 atom stereocenters. The molecule has 0 radical (unpaired) electrons. The zero-order chi connectivity index (χ0) is 21.3. The van der Waals surface area contributed by atoms with Crippen LogP contribution in [0.4, 0.5) is 10.1 Å². The van der Waals surface area contributed by atoms with Crippen LogP contribution in [0.3, 0.4) is 0 Å². The Kier molecular flexibility index (Phi) is 5.40. The summed E-state index contributed by atoms with van der Waals surface area (Å²) in [6.07, 6.45) is 1.31. The molecule has 154 valence electrons. The maximum Gasteiger partial charge on any atom is 0.284 e. The highest BCUT2D eigenvalue weighted by molar-refractivity contribution is 7.92. The molecule has 0 fully saturated rings. The SMILES string of the molecule is CS(=O)(=O)Nc1ccccc1C1CC(c2ccccc2F)=NN1C(=O)c1cccs1. The summed E-state index contributed by atoms with van der Waals surface area (Å²) in [4.78, 5) is 13.6. The molecular formula is C21H18FN3O3S2. The molecule has 9 heteroatoms. The van der Waals surface area contributed by atoms with Crippen LogP contribution in [0.1, 0.15) is 33.3 Å². The third-order valence-electron chi connectivity index (χ3n) is 4.65. The molecule has 1 unspecified atom stereocenters. The van der Waals surface area contributed by atoms with Crippen LogP contribution in [-0.4, -0.2) is 31.3 Å². The van der Waals surface area contributed by atoms with Crippen LogP contribution in [0.15, 0.2) is 71.1 Å². The number of hydrazone groups is 1. The number of carbonyl (C=O) groups is 1. The summed E-state index contributed by atoms with van der Waals surface area (Å²) in [7, 11) is -3.53. The Labute approximate surface area is 177 Å². The van der Waals surface area contributed by atoms with Gasteiger partial charge in [-0.25, -0.2) is 17.8 Å². The predicted molar refractivity (Wildman–Crippen MR) is 116 cm³/mol. The van der Waals surface area contributed by atoms with Crippen LogP contribution < -0.4 is 4.72 Å². The van der Waals surface area contributed by atoms with E-state index in [-0.39, 0.29) is 12.3 Å². The van der Waals surface area contributed by atoms with Crippen LogP contribution in [-0.2, 0) is 10.0 Å². The molecule has 0 aliphatic carbocycles. The van der Waals surface area contributed by atoms with Gasteiger partial charge in [0.2, 0.25) is 10.0 Å². The molecule has 2 heterocycles. The molecule has 30 heavy (non-hydrogen) atoms. The van der Waals surface area contributed by atoms with Gasteiger partial charge in [0.05, 0.1) is 28.6 Å². The average molecular weight is 444 g/mol. The van der Waals surface area contributed by atoms with Gasteiger partial charge in [-0.05, 0) is 23.6 Å². The van der Waals surface area contributed by atoms with E-state index in [9.17, 15) is 17.6 Å². The van der Waals surface area contributed by atoms with E-state index < -0.39 is 21.9 Å². The zero-order valence-corrected chi connectivity index (χ0v) is 17.6. The molecule has 0 saturated heterocycles. The third-order valence-corrected chi connectivity index (χ3v) is 6.10. The average Bonchev–Trinajstić information content (AvgIpc) is 3.37. The van der Waals surface area contributed by atoms with E-state index in [4.69, 9.17) is 0 Å². The molecule has 0 saturated carbocycles. The van der Waals surface area contributed by atoms with Gasteiger partial charge in [0.25, 0.3) is 5.91 Å². The standard InChI is InChI=1S/C21H18FN3O3S2/c1-30(27,28)24-17-10-5-3-8-15(17)19-13-18(14-7-2-4-9-16(14)22)23-25(19)21(26)20-11-6-12-29-20/h2-12,19,24H,13H2,1H3. The van der Waals surface area contributed by atoms with Crippen molar-refractivity contribution in [2.75, 3.05) is 11.0 Å². The monoisotopic (exact) mass is 443 g/mol. The molecule has 4 rings (SSSR count). The van der Waals surface area contributed by atoms with Gasteiger partial charge in [0.1, 0.15) is 5.82 Å². The summed E-state index contributed by atoms with van der Waals surface area (Å²) in [5, 5.41) is 7.57. The number of nitrogens with one attached hydrogen (secondary N) is 1. The van der Waals surface area contributed by atoms with E-state index >= 15 is 0 Å². The molecule has 1 N–H and O–H groups in total. The lowest BCUT2D eigenvalue weighted by atomic mass is 9.97. The van der Waals surface area contributed by atoms with Crippen LogP contribution >= 0.6 is 11.3 Å². The zero-order valence-electron chi connectivity index (χ0n) is 15.9. The number of amides is 1. The van der Waals surface area contributed by atoms with Gasteiger partial charge in [-0.15, -0.1) is 11.3 Å². The van der Waals surface area contributed by atoms with E-state index in [1.54, 1.807) is 60.0 Å². The molecule has 1 aliphatic heterocycles. The highest BCUT2D eigenvalue weighted by Crippen LogP contribution is 2.38. The van der Waals surface area contributed by atoms with Crippen LogP contribution in [0.25, 0.3) is 0 Å². The number of carbonyl (C=O) groups excluding carboxylic acids is 1. The van der Waals surface area contributed by atoms with Crippen molar-refractivity contribution < 1.29 is 17.6 Å². The Hall–Kier alpha value is -3.04. The fourth-order valence-corrected chi connectivity index (χ4v) is 4.63. The Morgan fingerprint density at radius 1 is 1.13 bits per heavy atom. The van der Waals surface area contributed by atoms with Gasteiger partial charge in [-0.3, -0.25) is 9.52 Å². The Morgan fingerprint density at radius 2 is 1.87 bits per heavy atom. The minimum atomic E-state index is -3.53. The van der Waals surface area contributed by atoms with Crippen molar-refractivity contribution in [1.82, 2.24) is 5.01 Å². The first kappa shape index (κ1) is 20.2. The second-order valence-corrected chi connectivity index (χ2v) is 9.53. The van der Waals surface area contributed by atoms with Crippen LogP contribution in [0.5, 0.6) is 0 Å². The molecule has 2 aromatic carbocycles. The number of anilines is 1. The smallest absolute Gasteiger partial charge is 0.283 e. The molecule has 1 aromatic heterocycles. The summed E-state index contributed by atoms with van der Waals surface area (Å²) in [5.74, 6) is -0.751. The number of sulfonamides is 1. The minimum Gasteiger partial charge on any atom is -0.283 e. The number of benzene rings is 2. The fourth-order valence-electron chi connectivity index (χ4n) is 3.39. The summed E-state index contributed by atoms with van der Waals surface area (Å²) < 4.78 is 40.6. The van der Waals surface area contributed by atoms with Gasteiger partial charge in [-0.2, -0.15) is 5.10 Å². The predicted octanol–water partition coefficient (Wildman–Crippen LogP) is 4.25. The van der Waals surface area contributed by atoms with Crippen molar-refractivity contribution in [1.29, 1.82) is 0 Å². The van der Waals surface area contributed by atoms with Gasteiger partial charge < -0.3 is 0 Å². The van der Waals surface area contributed by atoms with Crippen molar-refractivity contribution in [2.45, 2.75) is 12.5 Å². The third kappa shape index (κ3) is 4.12. The number of nitrogens with zero attached hydrogens (tertiary/aromatic N) is 2. The number of thiophene rings is 1. The van der Waals surface area contributed by atoms with Crippen LogP contribution in [0.2, 0.25) is 0 Å². The van der Waals surface area contributed by atoms with Crippen molar-refractivity contribution >= 4 is 38.7 Å². The number of rotatable bonds is 5. The quantitative estimate of drug-likeness (QED) is 0.640. The van der Waals surface area contributed by atoms with E-state index in [0.717, 1.165) is 6.26 Å². The van der Waals surface area contributed by atoms with Crippen molar-refractivity contribution in [3.63, 3.8) is 0 Å². The van der Waals surface area contributed by atoms with Gasteiger partial charge >= 0.3 is 0 Å². The first-order valence-electron chi connectivity index (χ1n) is 9.09. The largest absolute Gasteiger partial charge is 0.284 e. The van der Waals surface area contributed by atoms with Crippen molar-refractivity contribution in [2.24, 2.45) is 5.10 Å². The number of para-hydroxylation sites is 1. The lowest BCUT2D eigenvalue weighted by molar-refractivity contribution is 0.0717. The van der Waals surface area contributed by atoms with Gasteiger partial charge in [0, 0.05) is 17.5 Å². The topological polar surface area (TPSA) is 78.8 Å². The number of halogens is 1. The van der Waals surface area contributed by atoms with Crippen molar-refractivity contribution in [3.8, 4) is 0 Å². The highest BCUT2D eigenvalue weighted by Gasteiger charge is 2.36. The summed E-state index contributed by atoms with van der Waals surface area (Å²) in [6, 6.07) is 16.0. The normalized spacial score (nSPS) is 16.4. The first-order valence-corrected chi connectivity index (χ1v) is 11.9. The molecule has 0 bridgehead atoms. The maximum absolute atomic E-state index is 14.4. The molecule has 3 aromatic rings. The Morgan fingerprint density at radius 3 is 2.57 bits per heavy atom. The number of hydrogen-bond donors (Lipinski definition) is 1. The van der Waals surface area contributed by atoms with E-state index in [1.165, 1.54) is 22.4 Å². The van der Waals surface area contributed by atoms with E-state index in [1.807, 2.05) is 0 Å². The molecule has 6 nitrogen and oxygen atoms in total. The van der Waals surface area contributed by atoms with Gasteiger partial charge in [-0.1, -0.05) is 42.5 Å². The summed E-state index contributed by atoms with van der Waals surface area (Å²) >= 11 is 1.28. The number of hydrogen-bond acceptors (Lipinski definition) is 5.